The van der Waals surface area contributed by atoms with Crippen LogP contribution in [-0.2, 0) is 11.2 Å². The van der Waals surface area contributed by atoms with E-state index in [1.54, 1.807) is 7.11 Å². The van der Waals surface area contributed by atoms with Crippen LogP contribution in [0.25, 0.3) is 0 Å². The molecule has 2 atom stereocenters. The molecule has 0 aliphatic rings. The number of benzene rings is 1. The minimum atomic E-state index is 0.435. The minimum absolute atomic E-state index is 0.435. The highest BCUT2D eigenvalue weighted by Crippen LogP contribution is 2.20. The molecule has 0 aliphatic heterocycles. The van der Waals surface area contributed by atoms with Crippen LogP contribution in [0.4, 0.5) is 0 Å². The zero-order valence-electron chi connectivity index (χ0n) is 10.9. The van der Waals surface area contributed by atoms with E-state index in [1.165, 1.54) is 5.56 Å². The van der Waals surface area contributed by atoms with Gasteiger partial charge in [0.25, 0.3) is 0 Å². The first kappa shape index (κ1) is 14.5. The average Bonchev–Trinajstić information content (AvgIpc) is 2.35. The normalized spacial score (nSPS) is 14.6. The van der Waals surface area contributed by atoms with Crippen molar-refractivity contribution in [3.63, 3.8) is 0 Å². The van der Waals surface area contributed by atoms with Crippen molar-refractivity contribution >= 4 is 11.6 Å². The first-order valence-corrected chi connectivity index (χ1v) is 6.46. The second-order valence-corrected chi connectivity index (χ2v) is 4.86. The van der Waals surface area contributed by atoms with Crippen molar-refractivity contribution in [1.82, 2.24) is 5.32 Å². The zero-order chi connectivity index (χ0) is 12.7. The summed E-state index contributed by atoms with van der Waals surface area (Å²) in [4.78, 5) is 0. The highest BCUT2D eigenvalue weighted by atomic mass is 35.5. The van der Waals surface area contributed by atoms with Crippen LogP contribution in [-0.4, -0.2) is 26.8 Å². The van der Waals surface area contributed by atoms with E-state index < -0.39 is 0 Å². The van der Waals surface area contributed by atoms with E-state index in [-0.39, 0.29) is 0 Å². The molecule has 17 heavy (non-hydrogen) atoms. The quantitative estimate of drug-likeness (QED) is 0.808. The molecule has 0 spiro atoms. The molecule has 0 amide bonds. The topological polar surface area (TPSA) is 21.3 Å². The fourth-order valence-corrected chi connectivity index (χ4v) is 2.21. The largest absolute Gasteiger partial charge is 0.385 e. The highest BCUT2D eigenvalue weighted by molar-refractivity contribution is 6.31. The molecular weight excluding hydrogens is 234 g/mol. The maximum absolute atomic E-state index is 6.18. The second-order valence-electron chi connectivity index (χ2n) is 4.45. The number of ether oxygens (including phenoxy) is 1. The molecule has 0 bridgehead atoms. The van der Waals surface area contributed by atoms with Gasteiger partial charge in [-0.15, -0.1) is 0 Å². The average molecular weight is 256 g/mol. The van der Waals surface area contributed by atoms with Crippen molar-refractivity contribution in [2.45, 2.75) is 25.8 Å². The smallest absolute Gasteiger partial charge is 0.0465 e. The third-order valence-electron chi connectivity index (χ3n) is 3.23. The second kappa shape index (κ2) is 7.70. The number of rotatable bonds is 7. The van der Waals surface area contributed by atoms with E-state index in [4.69, 9.17) is 16.3 Å². The van der Waals surface area contributed by atoms with Crippen LogP contribution in [0.15, 0.2) is 24.3 Å². The van der Waals surface area contributed by atoms with Crippen molar-refractivity contribution in [2.75, 3.05) is 20.8 Å². The molecule has 0 aromatic heterocycles. The molecule has 1 aromatic rings. The van der Waals surface area contributed by atoms with E-state index in [9.17, 15) is 0 Å². The van der Waals surface area contributed by atoms with Gasteiger partial charge in [0.15, 0.2) is 0 Å². The Kier molecular flexibility index (Phi) is 6.56. The lowest BCUT2D eigenvalue weighted by molar-refractivity contribution is 0.171. The van der Waals surface area contributed by atoms with Crippen LogP contribution < -0.4 is 5.32 Å². The van der Waals surface area contributed by atoms with Gasteiger partial charge in [-0.05, 0) is 37.4 Å². The molecule has 0 saturated carbocycles. The monoisotopic (exact) mass is 255 g/mol. The Morgan fingerprint density at radius 2 is 2.06 bits per heavy atom. The molecule has 0 radical (unpaired) electrons. The van der Waals surface area contributed by atoms with Gasteiger partial charge in [0, 0.05) is 24.8 Å². The summed E-state index contributed by atoms with van der Waals surface area (Å²) < 4.78 is 5.13. The van der Waals surface area contributed by atoms with E-state index in [0.29, 0.717) is 12.0 Å². The van der Waals surface area contributed by atoms with Crippen molar-refractivity contribution < 1.29 is 4.74 Å². The van der Waals surface area contributed by atoms with Crippen LogP contribution in [0.1, 0.15) is 18.9 Å². The Balaban J connectivity index is 2.60. The summed E-state index contributed by atoms with van der Waals surface area (Å²) in [6.45, 7) is 3.05. The molecule has 1 aromatic carbocycles. The Labute approximate surface area is 109 Å². The molecule has 0 fully saturated rings. The lowest BCUT2D eigenvalue weighted by atomic mass is 9.93. The summed E-state index contributed by atoms with van der Waals surface area (Å²) in [5.74, 6) is 0.566. The Morgan fingerprint density at radius 3 is 2.65 bits per heavy atom. The number of methoxy groups -OCH3 is 1. The van der Waals surface area contributed by atoms with Crippen molar-refractivity contribution in [3.05, 3.63) is 34.9 Å². The first-order chi connectivity index (χ1) is 8.19. The van der Waals surface area contributed by atoms with Crippen LogP contribution in [0.2, 0.25) is 5.02 Å². The molecule has 1 N–H and O–H groups in total. The summed E-state index contributed by atoms with van der Waals surface area (Å²) >= 11 is 6.18. The molecule has 96 valence electrons. The summed E-state index contributed by atoms with van der Waals surface area (Å²) in [6, 6.07) is 8.48. The SMILES string of the molecule is CNC(Cc1ccccc1Cl)C(C)CCOC. The van der Waals surface area contributed by atoms with Crippen molar-refractivity contribution in [3.8, 4) is 0 Å². The van der Waals surface area contributed by atoms with Crippen molar-refractivity contribution in [1.29, 1.82) is 0 Å². The van der Waals surface area contributed by atoms with Gasteiger partial charge in [-0.3, -0.25) is 0 Å². The molecular formula is C14H22ClNO. The maximum atomic E-state index is 6.18. The fraction of sp³-hybridized carbons (Fsp3) is 0.571. The lowest BCUT2D eigenvalue weighted by Gasteiger charge is -2.24. The Bertz CT molecular complexity index is 330. The van der Waals surface area contributed by atoms with Gasteiger partial charge in [0.1, 0.15) is 0 Å². The molecule has 2 unspecified atom stereocenters. The molecule has 0 aliphatic carbocycles. The lowest BCUT2D eigenvalue weighted by Crippen LogP contribution is -2.34. The Hall–Kier alpha value is -0.570. The molecule has 0 saturated heterocycles. The van der Waals surface area contributed by atoms with E-state index >= 15 is 0 Å². The Morgan fingerprint density at radius 1 is 1.35 bits per heavy atom. The molecule has 2 nitrogen and oxygen atoms in total. The summed E-state index contributed by atoms with van der Waals surface area (Å²) in [6.07, 6.45) is 2.02. The molecule has 3 heteroatoms. The van der Waals surface area contributed by atoms with Gasteiger partial charge in [0.2, 0.25) is 0 Å². The van der Waals surface area contributed by atoms with Crippen LogP contribution in [0.5, 0.6) is 0 Å². The van der Waals surface area contributed by atoms with Crippen LogP contribution in [0, 0.1) is 5.92 Å². The number of nitrogens with one attached hydrogen (secondary N) is 1. The third kappa shape index (κ3) is 4.66. The minimum Gasteiger partial charge on any atom is -0.385 e. The standard InChI is InChI=1S/C14H22ClNO/c1-11(8-9-17-3)14(16-2)10-12-6-4-5-7-13(12)15/h4-7,11,14,16H,8-10H2,1-3H3. The fourth-order valence-electron chi connectivity index (χ4n) is 1.99. The predicted octanol–water partition coefficient (Wildman–Crippen LogP) is 3.14. The zero-order valence-corrected chi connectivity index (χ0v) is 11.6. The molecule has 0 heterocycles. The van der Waals surface area contributed by atoms with E-state index in [1.807, 2.05) is 25.2 Å². The van der Waals surface area contributed by atoms with Gasteiger partial charge >= 0.3 is 0 Å². The van der Waals surface area contributed by atoms with Crippen LogP contribution >= 0.6 is 11.6 Å². The first-order valence-electron chi connectivity index (χ1n) is 6.08. The van der Waals surface area contributed by atoms with E-state index in [0.717, 1.165) is 24.5 Å². The number of hydrogen-bond donors (Lipinski definition) is 1. The summed E-state index contributed by atoms with van der Waals surface area (Å²) in [7, 11) is 3.75. The van der Waals surface area contributed by atoms with Gasteiger partial charge in [0.05, 0.1) is 0 Å². The van der Waals surface area contributed by atoms with E-state index in [2.05, 4.69) is 18.3 Å². The third-order valence-corrected chi connectivity index (χ3v) is 3.60. The van der Waals surface area contributed by atoms with Crippen molar-refractivity contribution in [2.24, 2.45) is 5.92 Å². The maximum Gasteiger partial charge on any atom is 0.0465 e. The van der Waals surface area contributed by atoms with Gasteiger partial charge in [-0.25, -0.2) is 0 Å². The summed E-state index contributed by atoms with van der Waals surface area (Å²) in [5.41, 5.74) is 1.21. The predicted molar refractivity (Wildman–Crippen MR) is 73.7 cm³/mol. The highest BCUT2D eigenvalue weighted by Gasteiger charge is 2.16. The van der Waals surface area contributed by atoms with Gasteiger partial charge in [-0.2, -0.15) is 0 Å². The van der Waals surface area contributed by atoms with Gasteiger partial charge < -0.3 is 10.1 Å². The van der Waals surface area contributed by atoms with Gasteiger partial charge in [-0.1, -0.05) is 36.7 Å². The summed E-state index contributed by atoms with van der Waals surface area (Å²) in [5, 5.41) is 4.23. The van der Waals surface area contributed by atoms with Crippen LogP contribution in [0.3, 0.4) is 0 Å². The molecule has 1 rings (SSSR count). The number of likely N-dealkylation sites (N-methyl/N-ethyl adjacent to an activating group) is 1. The number of halogens is 1. The number of hydrogen-bond acceptors (Lipinski definition) is 2.